The molecule has 0 N–H and O–H groups in total. The Morgan fingerprint density at radius 3 is 3.00 bits per heavy atom. The summed E-state index contributed by atoms with van der Waals surface area (Å²) in [7, 11) is 0. The minimum absolute atomic E-state index is 0.984. The van der Waals surface area contributed by atoms with Crippen molar-refractivity contribution >= 4 is 44.0 Å². The fourth-order valence-corrected chi connectivity index (χ4v) is 1.92. The fraction of sp³-hybridized carbons (Fsp3) is 0. The third kappa shape index (κ3) is 1.18. The number of hydrogen-bond donors (Lipinski definition) is 0. The van der Waals surface area contributed by atoms with Crippen LogP contribution >= 0.6 is 38.5 Å². The van der Waals surface area contributed by atoms with E-state index in [-0.39, 0.29) is 0 Å². The lowest BCUT2D eigenvalue weighted by molar-refractivity contribution is 0.935. The Hall–Kier alpha value is -0.100. The summed E-state index contributed by atoms with van der Waals surface area (Å²) in [6.07, 6.45) is 1.85. The van der Waals surface area contributed by atoms with E-state index < -0.39 is 0 Å². The molecule has 0 aliphatic rings. The highest BCUT2D eigenvalue weighted by molar-refractivity contribution is 14.1. The molecular weight excluding hydrogens is 319 g/mol. The van der Waals surface area contributed by atoms with E-state index in [1.807, 2.05) is 28.9 Å². The van der Waals surface area contributed by atoms with Crippen LogP contribution in [0.1, 0.15) is 0 Å². The van der Waals surface area contributed by atoms with Crippen molar-refractivity contribution in [1.82, 2.24) is 9.61 Å². The lowest BCUT2D eigenvalue weighted by Crippen LogP contribution is -1.87. The first-order valence-corrected chi connectivity index (χ1v) is 4.94. The normalized spacial score (nSPS) is 10.7. The van der Waals surface area contributed by atoms with Crippen molar-refractivity contribution in [2.75, 3.05) is 0 Å². The summed E-state index contributed by atoms with van der Waals surface area (Å²) >= 11 is 5.67. The standard InChI is InChI=1S/C7H4BrIN2/c8-7-3-1-2-6-5(9)4-10-11(6)7/h1-4H. The Balaban J connectivity index is 2.94. The number of fused-ring (bicyclic) bond motifs is 1. The van der Waals surface area contributed by atoms with Crippen LogP contribution in [0.4, 0.5) is 0 Å². The molecule has 56 valence electrons. The molecule has 2 heterocycles. The molecule has 0 spiro atoms. The maximum Gasteiger partial charge on any atom is 0.108 e. The van der Waals surface area contributed by atoms with Gasteiger partial charge < -0.3 is 0 Å². The first kappa shape index (κ1) is 7.54. The summed E-state index contributed by atoms with van der Waals surface area (Å²) in [6.45, 7) is 0. The van der Waals surface area contributed by atoms with Crippen LogP contribution in [0.25, 0.3) is 5.52 Å². The van der Waals surface area contributed by atoms with Crippen molar-refractivity contribution in [3.05, 3.63) is 32.6 Å². The van der Waals surface area contributed by atoms with Gasteiger partial charge in [-0.15, -0.1) is 0 Å². The summed E-state index contributed by atoms with van der Waals surface area (Å²) in [6, 6.07) is 6.01. The van der Waals surface area contributed by atoms with Gasteiger partial charge in [0, 0.05) is 0 Å². The van der Waals surface area contributed by atoms with Gasteiger partial charge in [0.1, 0.15) is 4.60 Å². The molecule has 11 heavy (non-hydrogen) atoms. The predicted octanol–water partition coefficient (Wildman–Crippen LogP) is 2.70. The van der Waals surface area contributed by atoms with Crippen LogP contribution in [0.3, 0.4) is 0 Å². The number of halogens is 2. The molecule has 4 heteroatoms. The topological polar surface area (TPSA) is 17.3 Å². The summed E-state index contributed by atoms with van der Waals surface area (Å²) in [4.78, 5) is 0. The van der Waals surface area contributed by atoms with Crippen molar-refractivity contribution in [2.24, 2.45) is 0 Å². The zero-order chi connectivity index (χ0) is 7.84. The van der Waals surface area contributed by atoms with Gasteiger partial charge >= 0.3 is 0 Å². The molecular formula is C7H4BrIN2. The van der Waals surface area contributed by atoms with Crippen LogP contribution in [-0.2, 0) is 0 Å². The van der Waals surface area contributed by atoms with Crippen molar-refractivity contribution in [3.8, 4) is 0 Å². The molecule has 0 fully saturated rings. The van der Waals surface area contributed by atoms with Gasteiger partial charge in [-0.05, 0) is 50.7 Å². The molecule has 0 atom stereocenters. The van der Waals surface area contributed by atoms with Gasteiger partial charge in [-0.25, -0.2) is 4.52 Å². The Kier molecular flexibility index (Phi) is 1.88. The Morgan fingerprint density at radius 1 is 1.45 bits per heavy atom. The zero-order valence-corrected chi connectivity index (χ0v) is 9.20. The summed E-state index contributed by atoms with van der Waals surface area (Å²) in [5.74, 6) is 0. The van der Waals surface area contributed by atoms with Crippen molar-refractivity contribution in [1.29, 1.82) is 0 Å². The average Bonchev–Trinajstić information content (AvgIpc) is 2.35. The minimum atomic E-state index is 0.984. The van der Waals surface area contributed by atoms with Crippen molar-refractivity contribution < 1.29 is 0 Å². The third-order valence-electron chi connectivity index (χ3n) is 1.45. The van der Waals surface area contributed by atoms with Crippen molar-refractivity contribution in [2.45, 2.75) is 0 Å². The van der Waals surface area contributed by atoms with E-state index in [1.54, 1.807) is 0 Å². The molecule has 0 saturated heterocycles. The first-order chi connectivity index (χ1) is 5.29. The number of pyridine rings is 1. The molecule has 0 amide bonds. The Morgan fingerprint density at radius 2 is 2.27 bits per heavy atom. The first-order valence-electron chi connectivity index (χ1n) is 3.07. The molecule has 2 rings (SSSR count). The Bertz CT molecular complexity index is 396. The van der Waals surface area contributed by atoms with Gasteiger partial charge in [0.2, 0.25) is 0 Å². The van der Waals surface area contributed by atoms with Crippen LogP contribution in [-0.4, -0.2) is 9.61 Å². The lowest BCUT2D eigenvalue weighted by Gasteiger charge is -1.94. The largest absolute Gasteiger partial charge is 0.226 e. The molecule has 2 aromatic rings. The second-order valence-corrected chi connectivity index (χ2v) is 4.11. The van der Waals surface area contributed by atoms with Gasteiger partial charge in [-0.2, -0.15) is 5.10 Å². The zero-order valence-electron chi connectivity index (χ0n) is 5.46. The molecule has 0 radical (unpaired) electrons. The van der Waals surface area contributed by atoms with Crippen LogP contribution < -0.4 is 0 Å². The number of nitrogens with zero attached hydrogens (tertiary/aromatic N) is 2. The lowest BCUT2D eigenvalue weighted by atomic mass is 10.4. The van der Waals surface area contributed by atoms with E-state index in [0.29, 0.717) is 0 Å². The van der Waals surface area contributed by atoms with E-state index in [9.17, 15) is 0 Å². The van der Waals surface area contributed by atoms with Gasteiger partial charge in [0.15, 0.2) is 0 Å². The van der Waals surface area contributed by atoms with E-state index in [2.05, 4.69) is 43.6 Å². The van der Waals surface area contributed by atoms with E-state index >= 15 is 0 Å². The SMILES string of the molecule is Brc1cccc2c(I)cnn12. The second kappa shape index (κ2) is 2.75. The highest BCUT2D eigenvalue weighted by atomic mass is 127. The smallest absolute Gasteiger partial charge is 0.108 e. The number of hydrogen-bond acceptors (Lipinski definition) is 1. The summed E-state index contributed by atoms with van der Waals surface area (Å²) < 4.78 is 4.02. The van der Waals surface area contributed by atoms with Crippen molar-refractivity contribution in [3.63, 3.8) is 0 Å². The average molecular weight is 323 g/mol. The maximum absolute atomic E-state index is 4.18. The monoisotopic (exact) mass is 322 g/mol. The number of rotatable bonds is 0. The summed E-state index contributed by atoms with van der Waals surface area (Å²) in [5.41, 5.74) is 1.14. The van der Waals surface area contributed by atoms with E-state index in [0.717, 1.165) is 10.1 Å². The van der Waals surface area contributed by atoms with E-state index in [4.69, 9.17) is 0 Å². The van der Waals surface area contributed by atoms with Gasteiger partial charge in [0.25, 0.3) is 0 Å². The molecule has 0 unspecified atom stereocenters. The molecule has 0 bridgehead atoms. The fourth-order valence-electron chi connectivity index (χ4n) is 0.948. The second-order valence-electron chi connectivity index (χ2n) is 2.14. The predicted molar refractivity (Wildman–Crippen MR) is 55.6 cm³/mol. The van der Waals surface area contributed by atoms with Crippen LogP contribution in [0.15, 0.2) is 29.0 Å². The van der Waals surface area contributed by atoms with Gasteiger partial charge in [-0.1, -0.05) is 6.07 Å². The third-order valence-corrected chi connectivity index (χ3v) is 2.88. The van der Waals surface area contributed by atoms with E-state index in [1.165, 1.54) is 3.57 Å². The number of aromatic nitrogens is 2. The van der Waals surface area contributed by atoms with Gasteiger partial charge in [-0.3, -0.25) is 0 Å². The quantitative estimate of drug-likeness (QED) is 0.538. The summed E-state index contributed by atoms with van der Waals surface area (Å²) in [5, 5.41) is 4.18. The van der Waals surface area contributed by atoms with Crippen LogP contribution in [0.5, 0.6) is 0 Å². The maximum atomic E-state index is 4.18. The Labute approximate surface area is 85.9 Å². The molecule has 0 saturated carbocycles. The minimum Gasteiger partial charge on any atom is -0.226 e. The van der Waals surface area contributed by atoms with Gasteiger partial charge in [0.05, 0.1) is 15.3 Å². The molecule has 0 aliphatic carbocycles. The molecule has 2 nitrogen and oxygen atoms in total. The van der Waals surface area contributed by atoms with Crippen LogP contribution in [0.2, 0.25) is 0 Å². The molecule has 0 aromatic carbocycles. The highest BCUT2D eigenvalue weighted by Crippen LogP contribution is 2.17. The highest BCUT2D eigenvalue weighted by Gasteiger charge is 2.00. The molecule has 0 aliphatic heterocycles. The van der Waals surface area contributed by atoms with Crippen LogP contribution in [0, 0.1) is 3.57 Å². The molecule has 2 aromatic heterocycles.